The number of hydrogen-bond acceptors (Lipinski definition) is 15. The lowest BCUT2D eigenvalue weighted by molar-refractivity contribution is -0.150. The molecule has 204 valence electrons. The summed E-state index contributed by atoms with van der Waals surface area (Å²) in [6.45, 7) is 4.38. The quantitative estimate of drug-likeness (QED) is 0.135. The first kappa shape index (κ1) is 27.7. The predicted octanol–water partition coefficient (Wildman–Crippen LogP) is -0.891. The van der Waals surface area contributed by atoms with E-state index in [1.165, 1.54) is 28.4 Å². The van der Waals surface area contributed by atoms with Crippen LogP contribution in [0.25, 0.3) is 0 Å². The zero-order chi connectivity index (χ0) is 27.6. The van der Waals surface area contributed by atoms with Gasteiger partial charge in [-0.3, -0.25) is 14.5 Å². The number of hydrogen-bond donors (Lipinski definition) is 5. The van der Waals surface area contributed by atoms with Crippen LogP contribution in [0.15, 0.2) is 33.3 Å². The van der Waals surface area contributed by atoms with E-state index in [9.17, 15) is 19.5 Å². The third-order valence-corrected chi connectivity index (χ3v) is 8.54. The molecule has 0 bridgehead atoms. The van der Waals surface area contributed by atoms with Crippen molar-refractivity contribution in [1.82, 2.24) is 24.5 Å². The van der Waals surface area contributed by atoms with Gasteiger partial charge in [0, 0.05) is 29.6 Å². The predicted molar refractivity (Wildman–Crippen MR) is 145 cm³/mol. The lowest BCUT2D eigenvalue weighted by Crippen LogP contribution is -2.71. The average Bonchev–Trinajstić information content (AvgIpc) is 3.30. The molecule has 0 saturated carbocycles. The van der Waals surface area contributed by atoms with Gasteiger partial charge >= 0.3 is 5.97 Å². The first-order chi connectivity index (χ1) is 18.2. The highest BCUT2D eigenvalue weighted by Gasteiger charge is 2.54. The summed E-state index contributed by atoms with van der Waals surface area (Å²) in [5.41, 5.74) is 17.8. The van der Waals surface area contributed by atoms with Gasteiger partial charge in [-0.25, -0.2) is 9.79 Å². The number of carboxylic acid groups (broad SMARTS) is 1. The van der Waals surface area contributed by atoms with Crippen molar-refractivity contribution < 1.29 is 24.3 Å². The molecule has 2 amide bonds. The normalized spacial score (nSPS) is 23.4. The smallest absolute Gasteiger partial charge is 0.352 e. The van der Waals surface area contributed by atoms with E-state index in [0.29, 0.717) is 23.0 Å². The van der Waals surface area contributed by atoms with Crippen LogP contribution in [0.4, 0.5) is 5.13 Å². The Morgan fingerprint density at radius 2 is 2.13 bits per heavy atom. The molecule has 3 atom stereocenters. The maximum absolute atomic E-state index is 13.1. The van der Waals surface area contributed by atoms with E-state index >= 15 is 0 Å². The Kier molecular flexibility index (Phi) is 8.44. The summed E-state index contributed by atoms with van der Waals surface area (Å²) < 4.78 is 3.98. The fourth-order valence-electron chi connectivity index (χ4n) is 3.87. The van der Waals surface area contributed by atoms with E-state index in [0.717, 1.165) is 11.5 Å². The minimum atomic E-state index is -1.24. The van der Waals surface area contributed by atoms with Crippen molar-refractivity contribution in [2.45, 2.75) is 31.4 Å². The van der Waals surface area contributed by atoms with Crippen LogP contribution in [0.1, 0.15) is 19.7 Å². The Morgan fingerprint density at radius 3 is 2.76 bits per heavy atom. The van der Waals surface area contributed by atoms with Crippen LogP contribution in [0.5, 0.6) is 0 Å². The minimum absolute atomic E-state index is 0.0363. The first-order valence-corrected chi connectivity index (χ1v) is 14.2. The average molecular weight is 583 g/mol. The summed E-state index contributed by atoms with van der Waals surface area (Å²) >= 11 is 3.52. The molecule has 0 spiro atoms. The van der Waals surface area contributed by atoms with E-state index in [1.54, 1.807) is 13.0 Å². The Morgan fingerprint density at radius 1 is 1.37 bits per heavy atom. The van der Waals surface area contributed by atoms with Crippen LogP contribution < -0.4 is 22.5 Å². The van der Waals surface area contributed by atoms with Gasteiger partial charge in [-0.1, -0.05) is 16.9 Å². The third-order valence-electron chi connectivity index (χ3n) is 5.58. The molecule has 0 aliphatic carbocycles. The zero-order valence-corrected chi connectivity index (χ0v) is 22.8. The van der Waals surface area contributed by atoms with Gasteiger partial charge in [-0.05, 0) is 25.5 Å². The second-order valence-corrected chi connectivity index (χ2v) is 10.8. The number of aliphatic carboxylic acids is 1. The Labute approximate surface area is 229 Å². The van der Waals surface area contributed by atoms with Gasteiger partial charge in [0.15, 0.2) is 10.3 Å². The molecule has 3 aliphatic rings. The Hall–Kier alpha value is -3.35. The molecule has 38 heavy (non-hydrogen) atoms. The number of rotatable bonds is 9. The van der Waals surface area contributed by atoms with Crippen molar-refractivity contribution in [2.24, 2.45) is 21.6 Å². The van der Waals surface area contributed by atoms with Crippen LogP contribution >= 0.6 is 35.1 Å². The SMILES string of the molecule is CCO/N=C(\C(=O)NC1C(=O)N2C(C(=O)O)=C(CSC3=NC(N)=CC(N)N3CC)CS[C@@H]12)c1nsc(N)n1. The molecule has 1 aromatic rings. The molecule has 0 aromatic carbocycles. The number of carbonyl (C=O) groups is 3. The lowest BCUT2D eigenvalue weighted by atomic mass is 10.0. The van der Waals surface area contributed by atoms with Crippen molar-refractivity contribution in [1.29, 1.82) is 0 Å². The van der Waals surface area contributed by atoms with Crippen LogP contribution in [-0.2, 0) is 19.2 Å². The number of amidine groups is 1. The van der Waals surface area contributed by atoms with Crippen LogP contribution in [0.3, 0.4) is 0 Å². The molecule has 2 unspecified atom stereocenters. The number of thioether (sulfide) groups is 2. The van der Waals surface area contributed by atoms with E-state index < -0.39 is 35.4 Å². The third kappa shape index (κ3) is 5.42. The number of carbonyl (C=O) groups excluding carboxylic acids is 2. The molecule has 3 aliphatic heterocycles. The van der Waals surface area contributed by atoms with Crippen molar-refractivity contribution in [3.63, 3.8) is 0 Å². The highest BCUT2D eigenvalue weighted by atomic mass is 32.2. The maximum Gasteiger partial charge on any atom is 0.352 e. The maximum atomic E-state index is 13.1. The van der Waals surface area contributed by atoms with Crippen molar-refractivity contribution in [3.05, 3.63) is 29.0 Å². The minimum Gasteiger partial charge on any atom is -0.477 e. The molecular weight excluding hydrogens is 556 g/mol. The summed E-state index contributed by atoms with van der Waals surface area (Å²) in [6.07, 6.45) is 1.19. The van der Waals surface area contributed by atoms with Crippen molar-refractivity contribution in [3.8, 4) is 0 Å². The monoisotopic (exact) mass is 582 g/mol. The largest absolute Gasteiger partial charge is 0.477 e. The van der Waals surface area contributed by atoms with E-state index in [2.05, 4.69) is 24.8 Å². The number of amides is 2. The standard InChI is InChI=1S/C20H26N10O5S3/c1-3-29-10(22)5-9(21)24-20(29)37-7-8-6-36-17-12(16(32)30(17)13(8)18(33)34)25-15(31)11(27-35-4-2)14-26-19(23)38-28-14/h5,10,12,17H,3-4,6-7,21-22H2,1-2H3,(H,25,31)(H,33,34)(H2,23,26,28)/b27-11-/t10?,12?,17-/m0/s1. The van der Waals surface area contributed by atoms with Crippen molar-refractivity contribution >= 4 is 68.9 Å². The molecule has 8 N–H and O–H groups in total. The summed E-state index contributed by atoms with van der Waals surface area (Å²) in [6, 6.07) is -0.972. The topological polar surface area (TPSA) is 228 Å². The number of likely N-dealkylation sites (N-methyl/N-ethyl adjacent to an activating group) is 1. The number of anilines is 1. The summed E-state index contributed by atoms with van der Waals surface area (Å²) in [4.78, 5) is 54.6. The number of aliphatic imine (C=N–C) groups is 1. The highest BCUT2D eigenvalue weighted by Crippen LogP contribution is 2.41. The number of nitrogens with two attached hydrogens (primary N) is 3. The first-order valence-electron chi connectivity index (χ1n) is 11.4. The van der Waals surface area contributed by atoms with E-state index in [-0.39, 0.29) is 40.5 Å². The van der Waals surface area contributed by atoms with Gasteiger partial charge in [0.1, 0.15) is 35.7 Å². The van der Waals surface area contributed by atoms with Gasteiger partial charge in [-0.2, -0.15) is 9.36 Å². The number of nitrogen functional groups attached to an aromatic ring is 1. The number of aromatic nitrogens is 2. The van der Waals surface area contributed by atoms with Crippen LogP contribution in [-0.4, -0.2) is 95.2 Å². The summed E-state index contributed by atoms with van der Waals surface area (Å²) in [5, 5.41) is 16.4. The molecule has 0 radical (unpaired) electrons. The zero-order valence-electron chi connectivity index (χ0n) is 20.4. The summed E-state index contributed by atoms with van der Waals surface area (Å²) in [5.74, 6) is -1.69. The number of fused-ring (bicyclic) bond motifs is 1. The number of nitrogens with one attached hydrogen (secondary N) is 1. The highest BCUT2D eigenvalue weighted by molar-refractivity contribution is 8.14. The second-order valence-electron chi connectivity index (χ2n) is 7.98. The number of carboxylic acids is 1. The summed E-state index contributed by atoms with van der Waals surface area (Å²) in [7, 11) is 0. The number of oxime groups is 1. The Bertz CT molecular complexity index is 1260. The van der Waals surface area contributed by atoms with Gasteiger partial charge in [-0.15, -0.1) is 11.8 Å². The molecule has 1 fully saturated rings. The molecule has 1 aromatic heterocycles. The van der Waals surface area contributed by atoms with Crippen LogP contribution in [0, 0.1) is 0 Å². The lowest BCUT2D eigenvalue weighted by Gasteiger charge is -2.49. The van der Waals surface area contributed by atoms with Gasteiger partial charge in [0.05, 0.1) is 0 Å². The molecule has 4 heterocycles. The second kappa shape index (κ2) is 11.6. The van der Waals surface area contributed by atoms with E-state index in [4.69, 9.17) is 22.0 Å². The molecule has 4 rings (SSSR count). The van der Waals surface area contributed by atoms with Crippen LogP contribution in [0.2, 0.25) is 0 Å². The van der Waals surface area contributed by atoms with Gasteiger partial charge in [0.25, 0.3) is 11.8 Å². The molecule has 18 heteroatoms. The number of nitrogens with zero attached hydrogens (tertiary/aromatic N) is 6. The fourth-order valence-corrected chi connectivity index (χ4v) is 6.90. The molecule has 1 saturated heterocycles. The Balaban J connectivity index is 1.49. The van der Waals surface area contributed by atoms with Crippen molar-refractivity contribution in [2.75, 3.05) is 30.4 Å². The van der Waals surface area contributed by atoms with E-state index in [1.807, 2.05) is 11.8 Å². The fraction of sp³-hybridized carbons (Fsp3) is 0.450. The molecule has 15 nitrogen and oxygen atoms in total. The number of β-lactam (4-membered cyclic amide) rings is 1. The molecular formula is C20H26N10O5S3. The van der Waals surface area contributed by atoms with Gasteiger partial charge < -0.3 is 37.4 Å². The van der Waals surface area contributed by atoms with Gasteiger partial charge in [0.2, 0.25) is 11.5 Å².